The van der Waals surface area contributed by atoms with Gasteiger partial charge < -0.3 is 20.1 Å². The molecule has 134 valence electrons. The van der Waals surface area contributed by atoms with E-state index in [-0.39, 0.29) is 0 Å². The normalized spacial score (nSPS) is 10.3. The highest BCUT2D eigenvalue weighted by atomic mass is 32.1. The third kappa shape index (κ3) is 5.10. The lowest BCUT2D eigenvalue weighted by molar-refractivity contribution is 0.322. The first-order valence-electron chi connectivity index (χ1n) is 8.51. The highest BCUT2D eigenvalue weighted by Crippen LogP contribution is 2.20. The minimum Gasteiger partial charge on any atom is -0.497 e. The van der Waals surface area contributed by atoms with Gasteiger partial charge >= 0.3 is 0 Å². The smallest absolute Gasteiger partial charge is 0.166 e. The van der Waals surface area contributed by atoms with Crippen LogP contribution in [0.4, 0.5) is 0 Å². The second-order valence-electron chi connectivity index (χ2n) is 5.81. The number of hydrogen-bond donors (Lipinski definition) is 2. The molecule has 0 atom stereocenters. The number of fused-ring (bicyclic) bond motifs is 1. The van der Waals surface area contributed by atoms with E-state index >= 15 is 0 Å². The summed E-state index contributed by atoms with van der Waals surface area (Å²) in [4.78, 5) is 0. The van der Waals surface area contributed by atoms with Crippen LogP contribution in [0.2, 0.25) is 0 Å². The van der Waals surface area contributed by atoms with Gasteiger partial charge in [-0.05, 0) is 52.8 Å². The van der Waals surface area contributed by atoms with E-state index in [4.69, 9.17) is 21.7 Å². The topological polar surface area (TPSA) is 42.5 Å². The zero-order valence-corrected chi connectivity index (χ0v) is 15.5. The fourth-order valence-electron chi connectivity index (χ4n) is 2.58. The minimum absolute atomic E-state index is 0.544. The van der Waals surface area contributed by atoms with Gasteiger partial charge in [0.15, 0.2) is 5.11 Å². The van der Waals surface area contributed by atoms with Crippen molar-refractivity contribution in [1.82, 2.24) is 10.6 Å². The maximum Gasteiger partial charge on any atom is 0.166 e. The number of methoxy groups -OCH3 is 1. The number of rotatable bonds is 7. The van der Waals surface area contributed by atoms with Crippen LogP contribution in [0.15, 0.2) is 66.7 Å². The molecule has 0 amide bonds. The Morgan fingerprint density at radius 1 is 0.885 bits per heavy atom. The van der Waals surface area contributed by atoms with Gasteiger partial charge in [0.25, 0.3) is 0 Å². The lowest BCUT2D eigenvalue weighted by atomic mass is 10.1. The van der Waals surface area contributed by atoms with Crippen molar-refractivity contribution in [3.8, 4) is 11.5 Å². The van der Waals surface area contributed by atoms with Crippen LogP contribution in [0.5, 0.6) is 11.5 Å². The van der Waals surface area contributed by atoms with Gasteiger partial charge in [-0.15, -0.1) is 0 Å². The van der Waals surface area contributed by atoms with Gasteiger partial charge in [-0.3, -0.25) is 0 Å². The number of benzene rings is 3. The van der Waals surface area contributed by atoms with Crippen molar-refractivity contribution in [2.24, 2.45) is 0 Å². The average Bonchev–Trinajstić information content (AvgIpc) is 2.70. The zero-order valence-electron chi connectivity index (χ0n) is 14.7. The molecule has 0 aromatic heterocycles. The van der Waals surface area contributed by atoms with Crippen molar-refractivity contribution >= 4 is 28.1 Å². The highest BCUT2D eigenvalue weighted by Gasteiger charge is 1.99. The van der Waals surface area contributed by atoms with Crippen LogP contribution in [0.1, 0.15) is 5.56 Å². The Kier molecular flexibility index (Phi) is 6.28. The Balaban J connectivity index is 1.37. The number of hydrogen-bond acceptors (Lipinski definition) is 3. The number of nitrogens with one attached hydrogen (secondary N) is 2. The van der Waals surface area contributed by atoms with E-state index in [1.807, 2.05) is 42.5 Å². The van der Waals surface area contributed by atoms with Crippen molar-refractivity contribution in [3.63, 3.8) is 0 Å². The summed E-state index contributed by atoms with van der Waals surface area (Å²) in [5.41, 5.74) is 1.14. The van der Waals surface area contributed by atoms with Gasteiger partial charge in [-0.2, -0.15) is 0 Å². The first-order valence-corrected chi connectivity index (χ1v) is 8.91. The second kappa shape index (κ2) is 9.06. The molecule has 0 saturated heterocycles. The zero-order chi connectivity index (χ0) is 18.2. The molecule has 0 unspecified atom stereocenters. The van der Waals surface area contributed by atoms with Gasteiger partial charge in [-0.1, -0.05) is 42.5 Å². The summed E-state index contributed by atoms with van der Waals surface area (Å²) in [6.45, 7) is 1.85. The Hall–Kier alpha value is -2.79. The van der Waals surface area contributed by atoms with E-state index in [2.05, 4.69) is 34.9 Å². The summed E-state index contributed by atoms with van der Waals surface area (Å²) in [6, 6.07) is 22.2. The van der Waals surface area contributed by atoms with E-state index in [9.17, 15) is 0 Å². The molecular formula is C21H22N2O2S. The van der Waals surface area contributed by atoms with Crippen LogP contribution < -0.4 is 20.1 Å². The first-order chi connectivity index (χ1) is 12.7. The molecule has 0 bridgehead atoms. The monoisotopic (exact) mass is 366 g/mol. The molecule has 0 heterocycles. The summed E-state index contributed by atoms with van der Waals surface area (Å²) in [7, 11) is 1.66. The molecule has 0 fully saturated rings. The summed E-state index contributed by atoms with van der Waals surface area (Å²) < 4.78 is 10.9. The molecule has 3 aromatic rings. The lowest BCUT2D eigenvalue weighted by Gasteiger charge is -2.12. The third-order valence-corrected chi connectivity index (χ3v) is 4.28. The minimum atomic E-state index is 0.544. The molecule has 0 spiro atoms. The van der Waals surface area contributed by atoms with E-state index < -0.39 is 0 Å². The maximum atomic E-state index is 5.79. The van der Waals surface area contributed by atoms with E-state index in [1.165, 1.54) is 10.8 Å². The van der Waals surface area contributed by atoms with Crippen molar-refractivity contribution < 1.29 is 9.47 Å². The Bertz CT molecular complexity index is 865. The number of ether oxygens (including phenoxy) is 2. The van der Waals surface area contributed by atoms with Gasteiger partial charge in [0, 0.05) is 6.54 Å². The van der Waals surface area contributed by atoms with Gasteiger partial charge in [0.05, 0.1) is 13.7 Å². The predicted octanol–water partition coefficient (Wildman–Crippen LogP) is 3.89. The van der Waals surface area contributed by atoms with E-state index in [0.29, 0.717) is 24.8 Å². The maximum absolute atomic E-state index is 5.79. The van der Waals surface area contributed by atoms with Crippen LogP contribution in [0.3, 0.4) is 0 Å². The third-order valence-electron chi connectivity index (χ3n) is 3.99. The van der Waals surface area contributed by atoms with Crippen LogP contribution in [0, 0.1) is 0 Å². The molecule has 2 N–H and O–H groups in total. The largest absolute Gasteiger partial charge is 0.497 e. The molecule has 3 rings (SSSR count). The highest BCUT2D eigenvalue weighted by molar-refractivity contribution is 7.80. The molecule has 0 radical (unpaired) electrons. The van der Waals surface area contributed by atoms with Crippen LogP contribution in [0.25, 0.3) is 10.8 Å². The Morgan fingerprint density at radius 3 is 2.38 bits per heavy atom. The fraction of sp³-hybridized carbons (Fsp3) is 0.190. The average molecular weight is 366 g/mol. The SMILES string of the molecule is COc1ccc(CNC(=S)NCCOc2ccc3ccccc3c2)cc1. The van der Waals surface area contributed by atoms with Gasteiger partial charge in [-0.25, -0.2) is 0 Å². The summed E-state index contributed by atoms with van der Waals surface area (Å²) in [6.07, 6.45) is 0. The summed E-state index contributed by atoms with van der Waals surface area (Å²) >= 11 is 5.29. The lowest BCUT2D eigenvalue weighted by Crippen LogP contribution is -2.37. The van der Waals surface area contributed by atoms with Crippen molar-refractivity contribution in [1.29, 1.82) is 0 Å². The Labute approximate surface area is 159 Å². The predicted molar refractivity (Wildman–Crippen MR) is 110 cm³/mol. The molecule has 26 heavy (non-hydrogen) atoms. The summed E-state index contributed by atoms with van der Waals surface area (Å²) in [5.74, 6) is 1.71. The van der Waals surface area contributed by atoms with Gasteiger partial charge in [0.1, 0.15) is 18.1 Å². The molecule has 0 saturated carbocycles. The molecule has 0 aliphatic rings. The van der Waals surface area contributed by atoms with Crippen LogP contribution >= 0.6 is 12.2 Å². The molecule has 0 aliphatic heterocycles. The van der Waals surface area contributed by atoms with Crippen LogP contribution in [-0.2, 0) is 6.54 Å². The Morgan fingerprint density at radius 2 is 1.62 bits per heavy atom. The van der Waals surface area contributed by atoms with Crippen molar-refractivity contribution in [3.05, 3.63) is 72.3 Å². The molecule has 5 heteroatoms. The van der Waals surface area contributed by atoms with Crippen molar-refractivity contribution in [2.45, 2.75) is 6.54 Å². The van der Waals surface area contributed by atoms with Crippen LogP contribution in [-0.4, -0.2) is 25.4 Å². The second-order valence-corrected chi connectivity index (χ2v) is 6.22. The quantitative estimate of drug-likeness (QED) is 0.490. The van der Waals surface area contributed by atoms with Gasteiger partial charge in [0.2, 0.25) is 0 Å². The first kappa shape index (κ1) is 18.0. The van der Waals surface area contributed by atoms with E-state index in [0.717, 1.165) is 17.1 Å². The molecule has 3 aromatic carbocycles. The van der Waals surface area contributed by atoms with E-state index in [1.54, 1.807) is 7.11 Å². The standard InChI is InChI=1S/C21H22N2O2S/c1-24-19-9-6-16(7-10-19)15-23-21(26)22-12-13-25-20-11-8-17-4-2-3-5-18(17)14-20/h2-11,14H,12-13,15H2,1H3,(H2,22,23,26). The molecule has 4 nitrogen and oxygen atoms in total. The number of thiocarbonyl (C=S) groups is 1. The summed E-state index contributed by atoms with van der Waals surface area (Å²) in [5, 5.41) is 9.34. The molecular weight excluding hydrogens is 344 g/mol. The van der Waals surface area contributed by atoms with Crippen molar-refractivity contribution in [2.75, 3.05) is 20.3 Å². The molecule has 0 aliphatic carbocycles. The fourth-order valence-corrected chi connectivity index (χ4v) is 2.75.